The lowest BCUT2D eigenvalue weighted by molar-refractivity contribution is -0.120. The third kappa shape index (κ3) is 2.83. The number of aromatic nitrogens is 4. The largest absolute Gasteiger partial charge is 0.364 e. The van der Waals surface area contributed by atoms with Gasteiger partial charge in [-0.3, -0.25) is 14.2 Å². The van der Waals surface area contributed by atoms with Crippen molar-refractivity contribution in [3.8, 4) is 5.95 Å². The Morgan fingerprint density at radius 1 is 1.30 bits per heavy atom. The zero-order valence-electron chi connectivity index (χ0n) is 15.5. The van der Waals surface area contributed by atoms with E-state index in [0.717, 1.165) is 25.1 Å². The summed E-state index contributed by atoms with van der Waals surface area (Å²) in [7, 11) is 1.77. The zero-order chi connectivity index (χ0) is 19.1. The molecule has 1 unspecified atom stereocenters. The maximum absolute atomic E-state index is 12.9. The Labute approximate surface area is 157 Å². The van der Waals surface area contributed by atoms with Crippen LogP contribution in [-0.4, -0.2) is 50.5 Å². The van der Waals surface area contributed by atoms with Crippen molar-refractivity contribution < 1.29 is 9.59 Å². The minimum atomic E-state index is -0.601. The number of anilines is 2. The fraction of sp³-hybridized carbons (Fsp3) is 0.500. The second-order valence-electron chi connectivity index (χ2n) is 7.08. The van der Waals surface area contributed by atoms with Crippen LogP contribution < -0.4 is 15.5 Å². The number of nitrogens with two attached hydrogens (primary N) is 1. The topological polar surface area (TPSA) is 110 Å². The van der Waals surface area contributed by atoms with Crippen molar-refractivity contribution in [3.05, 3.63) is 24.4 Å². The smallest absolute Gasteiger partial charge is 0.268 e. The van der Waals surface area contributed by atoms with Gasteiger partial charge in [0.2, 0.25) is 11.9 Å². The lowest BCUT2D eigenvalue weighted by atomic mass is 10.0. The fourth-order valence-electron chi connectivity index (χ4n) is 4.06. The maximum atomic E-state index is 12.9. The lowest BCUT2D eigenvalue weighted by Gasteiger charge is -2.43. The third-order valence-electron chi connectivity index (χ3n) is 5.47. The number of primary amides is 1. The normalized spacial score (nSPS) is 20.2. The number of hydrogen-bond donors (Lipinski definition) is 1. The summed E-state index contributed by atoms with van der Waals surface area (Å²) in [5.41, 5.74) is 6.14. The van der Waals surface area contributed by atoms with Crippen molar-refractivity contribution in [2.24, 2.45) is 5.73 Å². The summed E-state index contributed by atoms with van der Waals surface area (Å²) in [6.07, 6.45) is 9.81. The van der Waals surface area contributed by atoms with E-state index in [4.69, 9.17) is 10.7 Å². The molecule has 0 aromatic carbocycles. The van der Waals surface area contributed by atoms with E-state index >= 15 is 0 Å². The molecule has 0 radical (unpaired) electrons. The summed E-state index contributed by atoms with van der Waals surface area (Å²) in [6, 6.07) is 0.0791. The van der Waals surface area contributed by atoms with Gasteiger partial charge in [0, 0.05) is 19.3 Å². The van der Waals surface area contributed by atoms with Gasteiger partial charge in [0.05, 0.1) is 6.20 Å². The summed E-state index contributed by atoms with van der Waals surface area (Å²) < 4.78 is 1.57. The summed E-state index contributed by atoms with van der Waals surface area (Å²) in [5, 5.41) is 0. The average Bonchev–Trinajstić information content (AvgIpc) is 3.35. The number of hydrogen-bond acceptors (Lipinski definition) is 6. The minimum Gasteiger partial charge on any atom is -0.364 e. The van der Waals surface area contributed by atoms with E-state index in [2.05, 4.69) is 14.9 Å². The third-order valence-corrected chi connectivity index (χ3v) is 5.47. The molecule has 142 valence electrons. The van der Waals surface area contributed by atoms with Crippen LogP contribution in [0.15, 0.2) is 18.7 Å². The molecule has 9 nitrogen and oxygen atoms in total. The van der Waals surface area contributed by atoms with E-state index in [1.165, 1.54) is 25.4 Å². The van der Waals surface area contributed by atoms with Gasteiger partial charge in [0.15, 0.2) is 5.82 Å². The standard InChI is InChI=1S/C18H23N7O2/c1-3-13-17(27)23(2)14-8-20-18(24-9-12(15(19)26)21-10-24)22-16(14)25(13)11-6-4-5-7-11/h8-11,13H,3-7H2,1-2H3,(H2,19,26). The second kappa shape index (κ2) is 6.64. The Morgan fingerprint density at radius 2 is 2.04 bits per heavy atom. The average molecular weight is 369 g/mol. The van der Waals surface area contributed by atoms with Crippen LogP contribution >= 0.6 is 0 Å². The molecule has 1 fully saturated rings. The first-order chi connectivity index (χ1) is 13.0. The van der Waals surface area contributed by atoms with Gasteiger partial charge in [-0.05, 0) is 19.3 Å². The molecule has 1 aliphatic heterocycles. The molecule has 9 heteroatoms. The van der Waals surface area contributed by atoms with Crippen LogP contribution in [0.2, 0.25) is 0 Å². The number of fused-ring (bicyclic) bond motifs is 1. The Balaban J connectivity index is 1.81. The molecule has 0 spiro atoms. The monoisotopic (exact) mass is 369 g/mol. The molecule has 1 atom stereocenters. The molecule has 3 heterocycles. The van der Waals surface area contributed by atoms with E-state index in [-0.39, 0.29) is 17.6 Å². The van der Waals surface area contributed by atoms with Crippen LogP contribution in [0.4, 0.5) is 11.5 Å². The van der Waals surface area contributed by atoms with Gasteiger partial charge >= 0.3 is 0 Å². The molecular weight excluding hydrogens is 346 g/mol. The fourth-order valence-corrected chi connectivity index (χ4v) is 4.06. The van der Waals surface area contributed by atoms with Gasteiger partial charge < -0.3 is 15.5 Å². The van der Waals surface area contributed by atoms with E-state index < -0.39 is 5.91 Å². The van der Waals surface area contributed by atoms with Gasteiger partial charge in [-0.25, -0.2) is 9.97 Å². The minimum absolute atomic E-state index is 0.0758. The first-order valence-corrected chi connectivity index (χ1v) is 9.28. The molecule has 2 aromatic heterocycles. The predicted octanol–water partition coefficient (Wildman–Crippen LogP) is 1.27. The first kappa shape index (κ1) is 17.4. The molecule has 4 rings (SSSR count). The Hall–Kier alpha value is -2.97. The van der Waals surface area contributed by atoms with Gasteiger partial charge in [-0.2, -0.15) is 4.98 Å². The molecule has 27 heavy (non-hydrogen) atoms. The zero-order valence-corrected chi connectivity index (χ0v) is 15.5. The summed E-state index contributed by atoms with van der Waals surface area (Å²) >= 11 is 0. The van der Waals surface area contributed by atoms with Crippen LogP contribution in [0.3, 0.4) is 0 Å². The number of nitrogens with zero attached hydrogens (tertiary/aromatic N) is 6. The van der Waals surface area contributed by atoms with Crippen LogP contribution in [0.5, 0.6) is 0 Å². The highest BCUT2D eigenvalue weighted by Crippen LogP contribution is 2.39. The summed E-state index contributed by atoms with van der Waals surface area (Å²) in [6.45, 7) is 2.03. The summed E-state index contributed by atoms with van der Waals surface area (Å²) in [4.78, 5) is 41.1. The van der Waals surface area contributed by atoms with Crippen molar-refractivity contribution in [2.75, 3.05) is 16.8 Å². The molecular formula is C18H23N7O2. The van der Waals surface area contributed by atoms with E-state index in [9.17, 15) is 9.59 Å². The molecule has 0 saturated heterocycles. The lowest BCUT2D eigenvalue weighted by Crippen LogP contribution is -2.55. The number of carbonyl (C=O) groups excluding carboxylic acids is 2. The number of imidazole rings is 1. The van der Waals surface area contributed by atoms with Gasteiger partial charge in [0.1, 0.15) is 23.8 Å². The Bertz CT molecular complexity index is 888. The summed E-state index contributed by atoms with van der Waals surface area (Å²) in [5.74, 6) is 0.632. The van der Waals surface area contributed by atoms with E-state index in [0.29, 0.717) is 17.7 Å². The Morgan fingerprint density at radius 3 is 2.67 bits per heavy atom. The molecule has 1 aliphatic carbocycles. The highest BCUT2D eigenvalue weighted by molar-refractivity contribution is 6.04. The van der Waals surface area contributed by atoms with Crippen LogP contribution in [-0.2, 0) is 4.79 Å². The highest BCUT2D eigenvalue weighted by atomic mass is 16.2. The number of likely N-dealkylation sites (N-methyl/N-ethyl adjacent to an activating group) is 1. The molecule has 2 amide bonds. The maximum Gasteiger partial charge on any atom is 0.268 e. The van der Waals surface area contributed by atoms with Crippen LogP contribution in [0.1, 0.15) is 49.5 Å². The quantitative estimate of drug-likeness (QED) is 0.869. The second-order valence-corrected chi connectivity index (χ2v) is 7.08. The first-order valence-electron chi connectivity index (χ1n) is 9.28. The van der Waals surface area contributed by atoms with Gasteiger partial charge in [0.25, 0.3) is 5.91 Å². The van der Waals surface area contributed by atoms with Crippen LogP contribution in [0.25, 0.3) is 5.95 Å². The van der Waals surface area contributed by atoms with Crippen molar-refractivity contribution in [2.45, 2.75) is 51.1 Å². The Kier molecular flexibility index (Phi) is 4.29. The van der Waals surface area contributed by atoms with Gasteiger partial charge in [-0.1, -0.05) is 19.8 Å². The SMILES string of the molecule is CCC1C(=O)N(C)c2cnc(-n3cnc(C(N)=O)c3)nc2N1C1CCCC1. The predicted molar refractivity (Wildman–Crippen MR) is 99.9 cm³/mol. The van der Waals surface area contributed by atoms with Crippen molar-refractivity contribution in [1.82, 2.24) is 19.5 Å². The van der Waals surface area contributed by atoms with E-state index in [1.54, 1.807) is 22.7 Å². The van der Waals surface area contributed by atoms with Crippen molar-refractivity contribution in [1.29, 1.82) is 0 Å². The van der Waals surface area contributed by atoms with Gasteiger partial charge in [-0.15, -0.1) is 0 Å². The molecule has 0 bridgehead atoms. The highest BCUT2D eigenvalue weighted by Gasteiger charge is 2.41. The molecule has 2 aliphatic rings. The van der Waals surface area contributed by atoms with Crippen molar-refractivity contribution >= 4 is 23.3 Å². The van der Waals surface area contributed by atoms with Crippen LogP contribution in [0, 0.1) is 0 Å². The number of carbonyl (C=O) groups is 2. The van der Waals surface area contributed by atoms with Crippen molar-refractivity contribution in [3.63, 3.8) is 0 Å². The molecule has 2 aromatic rings. The number of rotatable bonds is 4. The molecule has 2 N–H and O–H groups in total. The van der Waals surface area contributed by atoms with E-state index in [1.807, 2.05) is 6.92 Å². The number of amides is 2. The molecule has 1 saturated carbocycles.